The zero-order chi connectivity index (χ0) is 16.8. The number of ether oxygens (including phenoxy) is 2. The maximum Gasteiger partial charge on any atom is 0.310 e. The van der Waals surface area contributed by atoms with Gasteiger partial charge in [-0.25, -0.2) is 0 Å². The van der Waals surface area contributed by atoms with Gasteiger partial charge in [-0.15, -0.1) is 0 Å². The third-order valence-electron chi connectivity index (χ3n) is 5.21. The van der Waals surface area contributed by atoms with Gasteiger partial charge in [0.05, 0.1) is 11.8 Å². The van der Waals surface area contributed by atoms with Crippen LogP contribution in [0.3, 0.4) is 0 Å². The summed E-state index contributed by atoms with van der Waals surface area (Å²) in [7, 11) is 0. The van der Waals surface area contributed by atoms with Crippen LogP contribution in [0.5, 0.6) is 0 Å². The Balaban J connectivity index is 1.34. The molecule has 1 aliphatic heterocycles. The highest BCUT2D eigenvalue weighted by Crippen LogP contribution is 2.57. The van der Waals surface area contributed by atoms with E-state index in [2.05, 4.69) is 5.32 Å². The van der Waals surface area contributed by atoms with E-state index in [0.29, 0.717) is 10.7 Å². The van der Waals surface area contributed by atoms with E-state index < -0.39 is 23.7 Å². The SMILES string of the molecule is O=C(COC(=O)[C@H]1[C@@H]2C[C@H]3[C@@H]1C(=O)O[C@@H]3C2)Nc1cccc(Cl)c1. The molecule has 1 aromatic carbocycles. The third-order valence-corrected chi connectivity index (χ3v) is 5.44. The summed E-state index contributed by atoms with van der Waals surface area (Å²) in [6.07, 6.45) is 1.53. The van der Waals surface area contributed by atoms with Crippen LogP contribution in [0.1, 0.15) is 12.8 Å². The van der Waals surface area contributed by atoms with E-state index in [1.807, 2.05) is 0 Å². The Kier molecular flexibility index (Phi) is 3.72. The van der Waals surface area contributed by atoms with Gasteiger partial charge < -0.3 is 14.8 Å². The summed E-state index contributed by atoms with van der Waals surface area (Å²) in [4.78, 5) is 36.1. The van der Waals surface area contributed by atoms with Crippen LogP contribution in [0.2, 0.25) is 5.02 Å². The first-order chi connectivity index (χ1) is 11.5. The van der Waals surface area contributed by atoms with Crippen molar-refractivity contribution in [2.45, 2.75) is 18.9 Å². The topological polar surface area (TPSA) is 81.7 Å². The average Bonchev–Trinajstić information content (AvgIpc) is 3.14. The number of benzene rings is 1. The molecule has 6 nitrogen and oxygen atoms in total. The number of halogens is 1. The van der Waals surface area contributed by atoms with Crippen molar-refractivity contribution < 1.29 is 23.9 Å². The Labute approximate surface area is 143 Å². The molecule has 1 amide bonds. The molecule has 0 aromatic heterocycles. The van der Waals surface area contributed by atoms with E-state index in [9.17, 15) is 14.4 Å². The molecule has 3 aliphatic rings. The van der Waals surface area contributed by atoms with Gasteiger partial charge in [-0.1, -0.05) is 17.7 Å². The minimum Gasteiger partial charge on any atom is -0.462 e. The summed E-state index contributed by atoms with van der Waals surface area (Å²) in [5.41, 5.74) is 0.533. The van der Waals surface area contributed by atoms with Crippen LogP contribution in [-0.4, -0.2) is 30.6 Å². The molecule has 0 spiro atoms. The number of esters is 2. The van der Waals surface area contributed by atoms with E-state index in [1.54, 1.807) is 24.3 Å². The molecule has 1 aromatic rings. The monoisotopic (exact) mass is 349 g/mol. The number of anilines is 1. The van der Waals surface area contributed by atoms with Gasteiger partial charge >= 0.3 is 11.9 Å². The number of amides is 1. The van der Waals surface area contributed by atoms with Crippen molar-refractivity contribution in [3.05, 3.63) is 29.3 Å². The first-order valence-corrected chi connectivity index (χ1v) is 8.33. The molecule has 7 heteroatoms. The summed E-state index contributed by atoms with van der Waals surface area (Å²) in [5, 5.41) is 3.11. The van der Waals surface area contributed by atoms with Crippen molar-refractivity contribution in [2.75, 3.05) is 11.9 Å². The zero-order valence-corrected chi connectivity index (χ0v) is 13.5. The van der Waals surface area contributed by atoms with E-state index in [-0.39, 0.29) is 30.5 Å². The van der Waals surface area contributed by atoms with E-state index >= 15 is 0 Å². The maximum absolute atomic E-state index is 12.3. The lowest BCUT2D eigenvalue weighted by Gasteiger charge is -2.22. The van der Waals surface area contributed by atoms with Crippen molar-refractivity contribution in [2.24, 2.45) is 23.7 Å². The summed E-state index contributed by atoms with van der Waals surface area (Å²) in [5.74, 6) is -1.82. The molecule has 0 unspecified atom stereocenters. The first kappa shape index (κ1) is 15.4. The molecule has 2 aliphatic carbocycles. The lowest BCUT2D eigenvalue weighted by Crippen LogP contribution is -2.34. The molecule has 2 saturated carbocycles. The molecule has 24 heavy (non-hydrogen) atoms. The number of rotatable bonds is 4. The molecule has 126 valence electrons. The number of nitrogens with one attached hydrogen (secondary N) is 1. The molecule has 5 atom stereocenters. The number of fused-ring (bicyclic) bond motifs is 1. The lowest BCUT2D eigenvalue weighted by molar-refractivity contribution is -0.157. The standard InChI is InChI=1S/C17H16ClNO5/c18-9-2-1-3-10(6-9)19-13(20)7-23-16(21)14-8-4-11-12(5-8)24-17(22)15(11)14/h1-3,6,8,11-12,14-15H,4-5,7H2,(H,19,20)/t8-,11-,12-,14+,15+/m1/s1. The minimum atomic E-state index is -0.481. The van der Waals surface area contributed by atoms with Crippen LogP contribution in [0.25, 0.3) is 0 Å². The van der Waals surface area contributed by atoms with Gasteiger partial charge in [0.1, 0.15) is 6.10 Å². The molecule has 1 N–H and O–H groups in total. The quantitative estimate of drug-likeness (QED) is 0.841. The molecule has 2 bridgehead atoms. The highest BCUT2D eigenvalue weighted by atomic mass is 35.5. The highest BCUT2D eigenvalue weighted by Gasteiger charge is 2.64. The van der Waals surface area contributed by atoms with Gasteiger partial charge in [-0.05, 0) is 37.0 Å². The van der Waals surface area contributed by atoms with Crippen molar-refractivity contribution in [3.8, 4) is 0 Å². The summed E-state index contributed by atoms with van der Waals surface area (Å²) in [6.45, 7) is -0.384. The second-order valence-corrected chi connectivity index (χ2v) is 7.02. The Morgan fingerprint density at radius 3 is 2.96 bits per heavy atom. The molecule has 1 saturated heterocycles. The van der Waals surface area contributed by atoms with Gasteiger partial charge in [0.25, 0.3) is 5.91 Å². The summed E-state index contributed by atoms with van der Waals surface area (Å²) in [6, 6.07) is 6.70. The Morgan fingerprint density at radius 2 is 2.17 bits per heavy atom. The van der Waals surface area contributed by atoms with Crippen molar-refractivity contribution in [1.29, 1.82) is 0 Å². The van der Waals surface area contributed by atoms with Crippen LogP contribution in [-0.2, 0) is 23.9 Å². The third kappa shape index (κ3) is 2.55. The second-order valence-electron chi connectivity index (χ2n) is 6.59. The maximum atomic E-state index is 12.3. The van der Waals surface area contributed by atoms with E-state index in [4.69, 9.17) is 21.1 Å². The lowest BCUT2D eigenvalue weighted by atomic mass is 9.80. The molecular weight excluding hydrogens is 334 g/mol. The number of hydrogen-bond donors (Lipinski definition) is 1. The van der Waals surface area contributed by atoms with Crippen molar-refractivity contribution in [1.82, 2.24) is 0 Å². The number of hydrogen-bond acceptors (Lipinski definition) is 5. The fourth-order valence-electron chi connectivity index (χ4n) is 4.32. The smallest absolute Gasteiger partial charge is 0.310 e. The minimum absolute atomic E-state index is 0.0253. The normalized spacial score (nSPS) is 32.5. The van der Waals surface area contributed by atoms with E-state index in [0.717, 1.165) is 12.8 Å². The summed E-state index contributed by atoms with van der Waals surface area (Å²) < 4.78 is 10.4. The first-order valence-electron chi connectivity index (χ1n) is 7.95. The van der Waals surface area contributed by atoms with Crippen LogP contribution < -0.4 is 5.32 Å². The molecule has 3 fully saturated rings. The fourth-order valence-corrected chi connectivity index (χ4v) is 4.51. The zero-order valence-electron chi connectivity index (χ0n) is 12.7. The molecular formula is C17H16ClNO5. The van der Waals surface area contributed by atoms with Gasteiger partial charge in [0.2, 0.25) is 0 Å². The predicted octanol–water partition coefficient (Wildman–Crippen LogP) is 2.02. The molecule has 0 radical (unpaired) electrons. The van der Waals surface area contributed by atoms with Crippen molar-refractivity contribution >= 4 is 35.1 Å². The largest absolute Gasteiger partial charge is 0.462 e. The van der Waals surface area contributed by atoms with Crippen LogP contribution in [0.15, 0.2) is 24.3 Å². The Bertz CT molecular complexity index is 719. The van der Waals surface area contributed by atoms with Gasteiger partial charge in [-0.2, -0.15) is 0 Å². The fraction of sp³-hybridized carbons (Fsp3) is 0.471. The van der Waals surface area contributed by atoms with E-state index in [1.165, 1.54) is 0 Å². The predicted molar refractivity (Wildman–Crippen MR) is 84.1 cm³/mol. The number of carbonyl (C=O) groups excluding carboxylic acids is 3. The average molecular weight is 350 g/mol. The van der Waals surface area contributed by atoms with Crippen molar-refractivity contribution in [3.63, 3.8) is 0 Å². The molecule has 4 rings (SSSR count). The van der Waals surface area contributed by atoms with Crippen LogP contribution in [0.4, 0.5) is 5.69 Å². The molecule has 1 heterocycles. The van der Waals surface area contributed by atoms with Gasteiger partial charge in [0.15, 0.2) is 6.61 Å². The Morgan fingerprint density at radius 1 is 1.33 bits per heavy atom. The highest BCUT2D eigenvalue weighted by molar-refractivity contribution is 6.30. The van der Waals surface area contributed by atoms with Crippen LogP contribution in [0, 0.1) is 23.7 Å². The second kappa shape index (κ2) is 5.77. The Hall–Kier alpha value is -2.08. The van der Waals surface area contributed by atoms with Gasteiger partial charge in [0, 0.05) is 16.6 Å². The summed E-state index contributed by atoms with van der Waals surface area (Å²) >= 11 is 5.85. The van der Waals surface area contributed by atoms with Crippen LogP contribution >= 0.6 is 11.6 Å². The number of carbonyl (C=O) groups is 3. The van der Waals surface area contributed by atoms with Gasteiger partial charge in [-0.3, -0.25) is 14.4 Å².